The van der Waals surface area contributed by atoms with Crippen molar-refractivity contribution in [1.29, 1.82) is 0 Å². The number of amides is 7. The molecule has 636 valence electrons. The number of benzene rings is 1. The summed E-state index contributed by atoms with van der Waals surface area (Å²) in [6, 6.07) is 5.70. The molecule has 1 aliphatic rings. The van der Waals surface area contributed by atoms with Gasteiger partial charge in [0.15, 0.2) is 25.0 Å². The van der Waals surface area contributed by atoms with Crippen LogP contribution in [0.5, 0.6) is 0 Å². The zero-order valence-electron chi connectivity index (χ0n) is 68.6. The number of nitrogens with zero attached hydrogens (tertiary/aromatic N) is 3. The van der Waals surface area contributed by atoms with Gasteiger partial charge in [-0.05, 0) is 83.4 Å². The van der Waals surface area contributed by atoms with E-state index in [0.717, 1.165) is 5.56 Å². The van der Waals surface area contributed by atoms with Crippen LogP contribution >= 0.6 is 0 Å². The van der Waals surface area contributed by atoms with Crippen LogP contribution in [-0.2, 0) is 102 Å². The molecule has 0 spiro atoms. The topological polar surface area (TPSA) is 452 Å². The molecule has 1 fully saturated rings. The Morgan fingerprint density at radius 2 is 1.11 bits per heavy atom. The first kappa shape index (κ1) is 103. The molecule has 6 unspecified atom stereocenters. The quantitative estimate of drug-likeness (QED) is 0.0255. The number of carboxylic acid groups (broad SMARTS) is 1. The lowest BCUT2D eigenvalue weighted by atomic mass is 9.89. The lowest BCUT2D eigenvalue weighted by Gasteiger charge is -2.41. The van der Waals surface area contributed by atoms with Crippen molar-refractivity contribution in [2.24, 2.45) is 23.7 Å². The van der Waals surface area contributed by atoms with E-state index < -0.39 is 127 Å². The summed E-state index contributed by atoms with van der Waals surface area (Å²) in [7, 11) is 12.6. The van der Waals surface area contributed by atoms with Gasteiger partial charge < -0.3 is 119 Å². The van der Waals surface area contributed by atoms with Gasteiger partial charge in [-0.15, -0.1) is 0 Å². The largest absolute Gasteiger partial charge is 0.481 e. The zero-order chi connectivity index (χ0) is 83.8. The highest BCUT2D eigenvalue weighted by Crippen LogP contribution is 2.30. The number of aliphatic hydroxyl groups excluding tert-OH is 4. The van der Waals surface area contributed by atoms with Crippen molar-refractivity contribution >= 4 is 59.6 Å². The second kappa shape index (κ2) is 57.9. The summed E-state index contributed by atoms with van der Waals surface area (Å²) in [6.45, 7) is 20.8. The summed E-state index contributed by atoms with van der Waals surface area (Å²) < 4.78 is 63.3. The van der Waals surface area contributed by atoms with Crippen molar-refractivity contribution in [2.75, 3.05) is 123 Å². The van der Waals surface area contributed by atoms with E-state index in [1.54, 1.807) is 23.8 Å². The molecule has 2 rings (SSSR count). The highest BCUT2D eigenvalue weighted by molar-refractivity contribution is 5.91. The molecule has 1 aromatic carbocycles. The minimum atomic E-state index is -1.33. The molecule has 35 nitrogen and oxygen atoms in total. The van der Waals surface area contributed by atoms with Gasteiger partial charge in [-0.2, -0.15) is 0 Å². The maximum atomic E-state index is 14.5. The number of carboxylic acids is 1. The van der Waals surface area contributed by atoms with Crippen LogP contribution in [0.2, 0.25) is 0 Å². The van der Waals surface area contributed by atoms with Crippen molar-refractivity contribution in [1.82, 2.24) is 41.3 Å². The van der Waals surface area contributed by atoms with Crippen molar-refractivity contribution in [3.8, 4) is 0 Å². The number of ether oxygens (including phenoxy) is 12. The highest BCUT2D eigenvalue weighted by atomic mass is 16.7. The number of likely N-dealkylation sites (tertiary alicyclic amines) is 1. The minimum absolute atomic E-state index is 0.00100. The first-order valence-corrected chi connectivity index (χ1v) is 37.7. The Labute approximate surface area is 650 Å². The number of hydrogen-bond donors (Lipinski definition) is 10. The number of aliphatic hydroxyl groups is 4. The second-order valence-electron chi connectivity index (χ2n) is 27.5. The van der Waals surface area contributed by atoms with Crippen LogP contribution in [0.15, 0.2) is 30.3 Å². The number of methoxy groups -OCH3 is 5. The molecule has 110 heavy (non-hydrogen) atoms. The molecule has 1 heterocycles. The Morgan fingerprint density at radius 3 is 1.55 bits per heavy atom. The summed E-state index contributed by atoms with van der Waals surface area (Å²) in [5.41, 5.74) is 0.761. The molecule has 17 atom stereocenters. The van der Waals surface area contributed by atoms with E-state index in [0.29, 0.717) is 45.1 Å². The Morgan fingerprint density at radius 1 is 0.591 bits per heavy atom. The fourth-order valence-electron chi connectivity index (χ4n) is 11.7. The summed E-state index contributed by atoms with van der Waals surface area (Å²) in [5, 5.41) is 57.4. The van der Waals surface area contributed by atoms with Crippen LogP contribution in [0.25, 0.3) is 0 Å². The van der Waals surface area contributed by atoms with Gasteiger partial charge in [0.25, 0.3) is 0 Å². The molecular weight excluding hydrogens is 1440 g/mol. The number of rotatable bonds is 52. The minimum Gasteiger partial charge on any atom is -0.481 e. The standard InChI is InChI=1S/C57H97N7O16.C11H21NO7.C7H16O4/c1-17-36(7)50(63(13)55(71)48(34(3)4)61-54(70)49(35(5)6)62(11)12)44(74-14)30-45(66)64-28-22-25-43(64)51(76-16)38(9)52(68)60-42(29-40-23-20-19-21-24-40)53(69)59-31-37(8)78-56(72)39(10)79-46(67)26-27-58-57(73)77-33-47(75-15)80-41(18-2)32-65;1-3-8(6-13)19-10(17-2)7-18-11(16)12-5-4-9(14)15;1-3-6(4-8)11-7(5-9)10-2/h19-21,23-24,34-39,41-44,47-51,65H,17-18,22,25-33H2,1-16H3,(H,58,73)(H,59,69)(H,60,68)(H,61,70);8,10,13H,3-7H2,1-2H3,(H,12,16)(H,14,15);6-9H,3-5H2,1-2H3/t36-,37+,38+,39-,41?,42-,43-,44+,47?,48-,49-,50-,51+;;/m0../s1. The van der Waals surface area contributed by atoms with Crippen LogP contribution in [0.4, 0.5) is 9.59 Å². The Hall–Kier alpha value is -7.00. The maximum Gasteiger partial charge on any atom is 0.407 e. The molecule has 1 saturated heterocycles. The number of alkyl carbamates (subject to hydrolysis) is 2. The number of hydrogen-bond acceptors (Lipinski definition) is 27. The van der Waals surface area contributed by atoms with Gasteiger partial charge >= 0.3 is 30.1 Å². The van der Waals surface area contributed by atoms with Gasteiger partial charge in [0, 0.05) is 68.7 Å². The van der Waals surface area contributed by atoms with E-state index in [4.69, 9.17) is 77.3 Å². The van der Waals surface area contributed by atoms with Crippen molar-refractivity contribution in [3.63, 3.8) is 0 Å². The Kier molecular flexibility index (Phi) is 54.3. The fourth-order valence-corrected chi connectivity index (χ4v) is 11.7. The molecule has 0 aliphatic carbocycles. The summed E-state index contributed by atoms with van der Waals surface area (Å²) >= 11 is 0. The number of esters is 2. The predicted octanol–water partition coefficient (Wildman–Crippen LogP) is 2.90. The van der Waals surface area contributed by atoms with Crippen LogP contribution in [-0.4, -0.2) is 314 Å². The van der Waals surface area contributed by atoms with E-state index in [2.05, 4.69) is 26.6 Å². The van der Waals surface area contributed by atoms with Crippen LogP contribution in [0, 0.1) is 23.7 Å². The van der Waals surface area contributed by atoms with Crippen LogP contribution < -0.4 is 26.6 Å². The molecule has 1 aliphatic heterocycles. The van der Waals surface area contributed by atoms with Gasteiger partial charge in [-0.25, -0.2) is 14.4 Å². The first-order chi connectivity index (χ1) is 52.1. The SMILES string of the molecule is CCC(CO)OC(CO)OC.CCC(CO)OC(COC(=O)NCCC(=O)O)OC.CCC(CO)OC(COC(=O)NCCC(=O)O[C@@H](C)C(=O)O[C@H](C)CNC(=O)[C@H](Cc1ccccc1)NC(=O)[C@H](C)[C@@H](OC)[C@@H]1CCCN1C(=O)C[C@@H](OC)[C@H]([C@@H](C)CC)N(C)C(=O)[C@@H](NC(=O)[C@H](C(C)C)N(C)C)C(C)C)OC. The van der Waals surface area contributed by atoms with E-state index >= 15 is 0 Å². The molecule has 0 saturated carbocycles. The third-order valence-corrected chi connectivity index (χ3v) is 18.2. The van der Waals surface area contributed by atoms with Crippen molar-refractivity contribution < 1.29 is 130 Å². The zero-order valence-corrected chi connectivity index (χ0v) is 68.6. The van der Waals surface area contributed by atoms with Gasteiger partial charge in [0.1, 0.15) is 31.4 Å². The second-order valence-corrected chi connectivity index (χ2v) is 27.5. The number of carbonyl (C=O) groups is 10. The smallest absolute Gasteiger partial charge is 0.407 e. The lowest BCUT2D eigenvalue weighted by Crippen LogP contribution is -2.59. The van der Waals surface area contributed by atoms with Gasteiger partial charge in [0.05, 0.1) is 107 Å². The van der Waals surface area contributed by atoms with Crippen molar-refractivity contribution in [3.05, 3.63) is 35.9 Å². The Balaban J connectivity index is 0.00000327. The molecule has 0 radical (unpaired) electrons. The summed E-state index contributed by atoms with van der Waals surface area (Å²) in [5.74, 6) is -5.69. The molecule has 10 N–H and O–H groups in total. The molecule has 0 aromatic heterocycles. The predicted molar refractivity (Wildman–Crippen MR) is 403 cm³/mol. The van der Waals surface area contributed by atoms with E-state index in [-0.39, 0.29) is 133 Å². The lowest BCUT2D eigenvalue weighted by molar-refractivity contribution is -0.181. The van der Waals surface area contributed by atoms with Gasteiger partial charge in [0.2, 0.25) is 29.5 Å². The van der Waals surface area contributed by atoms with E-state index in [9.17, 15) is 53.1 Å². The fraction of sp³-hybridized carbons (Fsp3) is 0.787. The van der Waals surface area contributed by atoms with Crippen LogP contribution in [0.1, 0.15) is 146 Å². The van der Waals surface area contributed by atoms with Crippen LogP contribution in [0.3, 0.4) is 0 Å². The van der Waals surface area contributed by atoms with E-state index in [1.807, 2.05) is 112 Å². The first-order valence-electron chi connectivity index (χ1n) is 37.7. The van der Waals surface area contributed by atoms with Crippen molar-refractivity contribution in [2.45, 2.75) is 239 Å². The molecule has 1 aromatic rings. The highest BCUT2D eigenvalue weighted by Gasteiger charge is 2.44. The molecule has 0 bridgehead atoms. The number of aliphatic carboxylic acids is 1. The maximum absolute atomic E-state index is 14.5. The average Bonchev–Trinajstić information content (AvgIpc) is 1.38. The molecule has 7 amide bonds. The molecular formula is C75H134N8O27. The third-order valence-electron chi connectivity index (χ3n) is 18.2. The number of likely N-dealkylation sites (N-methyl/N-ethyl adjacent to an activating group) is 2. The molecule has 35 heteroatoms. The van der Waals surface area contributed by atoms with Gasteiger partial charge in [-0.3, -0.25) is 38.5 Å². The summed E-state index contributed by atoms with van der Waals surface area (Å²) in [6.07, 6.45) is -5.48. The Bertz CT molecular complexity index is 2750. The number of carbonyl (C=O) groups excluding carboxylic acids is 9. The van der Waals surface area contributed by atoms with Gasteiger partial charge in [-0.1, -0.05) is 106 Å². The normalized spacial score (nSPS) is 17.1. The van der Waals surface area contributed by atoms with E-state index in [1.165, 1.54) is 49.4 Å². The number of nitrogens with one attached hydrogen (secondary N) is 5. The monoisotopic (exact) mass is 1580 g/mol. The average molecular weight is 1580 g/mol. The summed E-state index contributed by atoms with van der Waals surface area (Å²) in [4.78, 5) is 135. The third kappa shape index (κ3) is 39.5.